The minimum Gasteiger partial charge on any atom is -0.478 e. The van der Waals surface area contributed by atoms with Crippen LogP contribution in [0.15, 0.2) is 15.2 Å². The number of carboxylic acids is 1. The molecule has 1 saturated carbocycles. The first-order chi connectivity index (χ1) is 9.10. The number of aromatic carboxylic acids is 1. The van der Waals surface area contributed by atoms with E-state index in [0.717, 1.165) is 12.5 Å². The van der Waals surface area contributed by atoms with Crippen molar-refractivity contribution in [1.82, 2.24) is 10.2 Å². The first-order valence-electron chi connectivity index (χ1n) is 6.60. The fourth-order valence-corrected chi connectivity index (χ4v) is 4.28. The Morgan fingerprint density at radius 3 is 3.16 bits per heavy atom. The van der Waals surface area contributed by atoms with Crippen LogP contribution in [0.1, 0.15) is 29.0 Å². The summed E-state index contributed by atoms with van der Waals surface area (Å²) in [5, 5.41) is 12.6. The van der Waals surface area contributed by atoms with Crippen molar-refractivity contribution in [3.8, 4) is 0 Å². The quantitative estimate of drug-likeness (QED) is 0.824. The molecule has 3 heterocycles. The zero-order valence-electron chi connectivity index (χ0n) is 10.4. The Morgan fingerprint density at radius 1 is 1.68 bits per heavy atom. The van der Waals surface area contributed by atoms with Gasteiger partial charge >= 0.3 is 5.97 Å². The molecule has 19 heavy (non-hydrogen) atoms. The van der Waals surface area contributed by atoms with Gasteiger partial charge in [-0.15, -0.1) is 0 Å². The molecule has 5 nitrogen and oxygen atoms in total. The topological polar surface area (TPSA) is 65.5 Å². The van der Waals surface area contributed by atoms with Crippen molar-refractivity contribution in [1.29, 1.82) is 0 Å². The molecular weight excluding hydrogens is 312 g/mol. The van der Waals surface area contributed by atoms with Gasteiger partial charge in [0.25, 0.3) is 0 Å². The summed E-state index contributed by atoms with van der Waals surface area (Å²) in [5.74, 6) is 0.312. The first-order valence-corrected chi connectivity index (χ1v) is 7.39. The van der Waals surface area contributed by atoms with E-state index in [2.05, 4.69) is 26.1 Å². The summed E-state index contributed by atoms with van der Waals surface area (Å²) in [5.41, 5.74) is 0.767. The molecule has 1 aliphatic carbocycles. The Bertz CT molecular complexity index is 554. The molecule has 2 N–H and O–H groups in total. The van der Waals surface area contributed by atoms with Crippen molar-refractivity contribution in [3.63, 3.8) is 0 Å². The molecule has 1 aromatic rings. The molecule has 4 rings (SSSR count). The number of piperidine rings is 1. The number of halogens is 1. The maximum absolute atomic E-state index is 11.1. The molecule has 0 radical (unpaired) electrons. The van der Waals surface area contributed by atoms with E-state index in [-0.39, 0.29) is 5.56 Å². The van der Waals surface area contributed by atoms with E-state index in [1.54, 1.807) is 0 Å². The number of carbonyl (C=O) groups is 1. The molecule has 3 aliphatic rings. The Morgan fingerprint density at radius 2 is 2.53 bits per heavy atom. The average molecular weight is 327 g/mol. The van der Waals surface area contributed by atoms with Gasteiger partial charge in [-0.3, -0.25) is 4.90 Å². The van der Waals surface area contributed by atoms with Crippen LogP contribution in [-0.4, -0.2) is 40.6 Å². The maximum Gasteiger partial charge on any atom is 0.339 e. The molecule has 102 valence electrons. The predicted molar refractivity (Wildman–Crippen MR) is 71.0 cm³/mol. The smallest absolute Gasteiger partial charge is 0.339 e. The van der Waals surface area contributed by atoms with Crippen LogP contribution < -0.4 is 5.32 Å². The first kappa shape index (κ1) is 11.9. The Kier molecular flexibility index (Phi) is 2.41. The highest BCUT2D eigenvalue weighted by Crippen LogP contribution is 2.59. The Hall–Kier alpha value is -0.850. The lowest BCUT2D eigenvalue weighted by Gasteiger charge is -2.36. The number of nitrogens with one attached hydrogen (secondary N) is 1. The normalized spacial score (nSPS) is 38.5. The van der Waals surface area contributed by atoms with Crippen molar-refractivity contribution in [2.45, 2.75) is 31.0 Å². The fourth-order valence-electron chi connectivity index (χ4n) is 3.85. The van der Waals surface area contributed by atoms with Crippen molar-refractivity contribution in [2.75, 3.05) is 13.1 Å². The Balaban J connectivity index is 1.44. The number of nitrogens with zero attached hydrogens (tertiary/aromatic N) is 1. The van der Waals surface area contributed by atoms with Gasteiger partial charge < -0.3 is 14.8 Å². The van der Waals surface area contributed by atoms with Gasteiger partial charge in [0.1, 0.15) is 11.3 Å². The minimum absolute atomic E-state index is 0.242. The summed E-state index contributed by atoms with van der Waals surface area (Å²) >= 11 is 3.19. The third kappa shape index (κ3) is 1.63. The molecule has 1 spiro atoms. The molecule has 6 heteroatoms. The second kappa shape index (κ2) is 3.84. The standard InChI is InChI=1S/C13H15BrN2O3/c14-11-3-7(12(17)18)10(19-11)4-15-9-5-16-6-13(16)2-1-8(9)13/h3,8-9,15H,1-2,4-6H2,(H,17,18)/t8?,9-,13?,16?/m0/s1. The van der Waals surface area contributed by atoms with E-state index in [1.165, 1.54) is 25.5 Å². The van der Waals surface area contributed by atoms with Gasteiger partial charge in [-0.1, -0.05) is 0 Å². The molecule has 4 atom stereocenters. The predicted octanol–water partition coefficient (Wildman–Crippen LogP) is 1.68. The lowest BCUT2D eigenvalue weighted by Crippen LogP contribution is -2.46. The lowest BCUT2D eigenvalue weighted by atomic mass is 9.70. The molecule has 2 saturated heterocycles. The van der Waals surface area contributed by atoms with Crippen LogP contribution in [0, 0.1) is 5.92 Å². The van der Waals surface area contributed by atoms with E-state index < -0.39 is 5.97 Å². The third-order valence-corrected chi connectivity index (χ3v) is 5.40. The molecule has 0 amide bonds. The van der Waals surface area contributed by atoms with Crippen LogP contribution in [0.25, 0.3) is 0 Å². The van der Waals surface area contributed by atoms with Crippen molar-refractivity contribution < 1.29 is 14.3 Å². The highest BCUT2D eigenvalue weighted by Gasteiger charge is 2.69. The maximum atomic E-state index is 11.1. The van der Waals surface area contributed by atoms with Gasteiger partial charge in [0.05, 0.1) is 6.54 Å². The zero-order valence-corrected chi connectivity index (χ0v) is 11.9. The van der Waals surface area contributed by atoms with E-state index in [9.17, 15) is 4.79 Å². The second-order valence-corrected chi connectivity index (χ2v) is 6.59. The highest BCUT2D eigenvalue weighted by molar-refractivity contribution is 9.10. The number of hydrogen-bond acceptors (Lipinski definition) is 4. The van der Waals surface area contributed by atoms with Crippen LogP contribution in [0.2, 0.25) is 0 Å². The molecule has 0 bridgehead atoms. The van der Waals surface area contributed by atoms with Gasteiger partial charge in [0, 0.05) is 30.7 Å². The van der Waals surface area contributed by atoms with Gasteiger partial charge in [0.2, 0.25) is 0 Å². The highest BCUT2D eigenvalue weighted by atomic mass is 79.9. The molecule has 3 unspecified atom stereocenters. The third-order valence-electron chi connectivity index (χ3n) is 5.01. The summed E-state index contributed by atoms with van der Waals surface area (Å²) in [6, 6.07) is 1.99. The van der Waals surface area contributed by atoms with E-state index in [1.807, 2.05) is 0 Å². The summed E-state index contributed by atoms with van der Waals surface area (Å²) in [6.07, 6.45) is 2.63. The van der Waals surface area contributed by atoms with Crippen LogP contribution in [0.4, 0.5) is 0 Å². The number of hydrogen-bond donors (Lipinski definition) is 2. The molecule has 0 aromatic carbocycles. The van der Waals surface area contributed by atoms with Gasteiger partial charge in [-0.25, -0.2) is 4.79 Å². The number of carboxylic acid groups (broad SMARTS) is 1. The monoisotopic (exact) mass is 326 g/mol. The fraction of sp³-hybridized carbons (Fsp3) is 0.615. The van der Waals surface area contributed by atoms with Gasteiger partial charge in [-0.2, -0.15) is 0 Å². The molecule has 2 aliphatic heterocycles. The summed E-state index contributed by atoms with van der Waals surface area (Å²) in [6.45, 7) is 2.84. The lowest BCUT2D eigenvalue weighted by molar-refractivity contribution is 0.0694. The Labute approximate surface area is 119 Å². The van der Waals surface area contributed by atoms with E-state index >= 15 is 0 Å². The molecule has 1 aromatic heterocycles. The number of furan rings is 1. The molecular formula is C13H15BrN2O3. The van der Waals surface area contributed by atoms with Crippen LogP contribution >= 0.6 is 15.9 Å². The summed E-state index contributed by atoms with van der Waals surface area (Å²) in [7, 11) is 0. The summed E-state index contributed by atoms with van der Waals surface area (Å²) < 4.78 is 5.88. The van der Waals surface area contributed by atoms with Gasteiger partial charge in [0.15, 0.2) is 4.67 Å². The number of rotatable bonds is 4. The largest absolute Gasteiger partial charge is 0.478 e. The summed E-state index contributed by atoms with van der Waals surface area (Å²) in [4.78, 5) is 13.6. The second-order valence-electron chi connectivity index (χ2n) is 5.81. The van der Waals surface area contributed by atoms with Crippen LogP contribution in [0.5, 0.6) is 0 Å². The molecule has 3 fully saturated rings. The SMILES string of the molecule is O=C(O)c1cc(Br)oc1CN[C@H]1CN2CC23CCC13. The zero-order chi connectivity index (χ0) is 13.2. The average Bonchev–Trinajstić information content (AvgIpc) is 2.88. The van der Waals surface area contributed by atoms with Crippen LogP contribution in [0.3, 0.4) is 0 Å². The van der Waals surface area contributed by atoms with Crippen molar-refractivity contribution in [3.05, 3.63) is 22.1 Å². The van der Waals surface area contributed by atoms with E-state index in [0.29, 0.717) is 28.6 Å². The van der Waals surface area contributed by atoms with E-state index in [4.69, 9.17) is 9.52 Å². The van der Waals surface area contributed by atoms with Crippen molar-refractivity contribution >= 4 is 21.9 Å². The van der Waals surface area contributed by atoms with Gasteiger partial charge in [-0.05, 0) is 34.7 Å². The van der Waals surface area contributed by atoms with Crippen molar-refractivity contribution in [2.24, 2.45) is 5.92 Å². The minimum atomic E-state index is -0.940. The van der Waals surface area contributed by atoms with Crippen LogP contribution in [-0.2, 0) is 6.54 Å².